The van der Waals surface area contributed by atoms with E-state index in [0.29, 0.717) is 17.5 Å². The number of ether oxygens (including phenoxy) is 2. The maximum absolute atomic E-state index is 12.8. The van der Waals surface area contributed by atoms with Gasteiger partial charge < -0.3 is 19.7 Å². The molecule has 0 radical (unpaired) electrons. The summed E-state index contributed by atoms with van der Waals surface area (Å²) in [6, 6.07) is 11.6. The van der Waals surface area contributed by atoms with E-state index in [4.69, 9.17) is 9.47 Å². The minimum absolute atomic E-state index is 0.0517. The van der Waals surface area contributed by atoms with Crippen LogP contribution in [0.2, 0.25) is 0 Å². The van der Waals surface area contributed by atoms with E-state index in [1.807, 2.05) is 41.3 Å². The number of urea groups is 1. The van der Waals surface area contributed by atoms with E-state index in [9.17, 15) is 4.79 Å². The minimum atomic E-state index is -0.0517. The molecule has 3 heterocycles. The molecular formula is C21H26N4O3. The zero-order valence-electron chi connectivity index (χ0n) is 16.1. The van der Waals surface area contributed by atoms with Crippen LogP contribution in [0.1, 0.15) is 13.3 Å². The van der Waals surface area contributed by atoms with Crippen LogP contribution in [0, 0.1) is 0 Å². The van der Waals surface area contributed by atoms with Crippen molar-refractivity contribution in [1.82, 2.24) is 14.8 Å². The Morgan fingerprint density at radius 1 is 1.18 bits per heavy atom. The van der Waals surface area contributed by atoms with E-state index in [-0.39, 0.29) is 12.1 Å². The largest absolute Gasteiger partial charge is 0.456 e. The Bertz CT molecular complexity index is 778. The van der Waals surface area contributed by atoms with Crippen LogP contribution in [0.4, 0.5) is 10.5 Å². The molecule has 1 N–H and O–H groups in total. The number of benzene rings is 1. The van der Waals surface area contributed by atoms with Gasteiger partial charge in [0.2, 0.25) is 0 Å². The number of nitrogens with one attached hydrogen (secondary N) is 1. The number of aromatic nitrogens is 1. The maximum atomic E-state index is 12.8. The number of pyridine rings is 1. The van der Waals surface area contributed by atoms with E-state index in [1.165, 1.54) is 0 Å². The van der Waals surface area contributed by atoms with Crippen LogP contribution < -0.4 is 10.1 Å². The van der Waals surface area contributed by atoms with Crippen molar-refractivity contribution >= 4 is 11.7 Å². The molecule has 2 amide bonds. The van der Waals surface area contributed by atoms with E-state index in [2.05, 4.69) is 22.1 Å². The molecule has 0 aliphatic carbocycles. The minimum Gasteiger partial charge on any atom is -0.456 e. The van der Waals surface area contributed by atoms with E-state index in [0.717, 1.165) is 45.0 Å². The summed E-state index contributed by atoms with van der Waals surface area (Å²) in [5.41, 5.74) is 0.755. The third kappa shape index (κ3) is 4.43. The van der Waals surface area contributed by atoms with Crippen molar-refractivity contribution in [2.45, 2.75) is 25.4 Å². The van der Waals surface area contributed by atoms with E-state index < -0.39 is 0 Å². The predicted octanol–water partition coefficient (Wildman–Crippen LogP) is 3.20. The van der Waals surface area contributed by atoms with Crippen LogP contribution in [-0.2, 0) is 4.74 Å². The van der Waals surface area contributed by atoms with E-state index in [1.54, 1.807) is 12.4 Å². The van der Waals surface area contributed by atoms with Crippen LogP contribution in [-0.4, -0.2) is 65.7 Å². The first kappa shape index (κ1) is 18.7. The number of carbonyl (C=O) groups excluding carboxylic acids is 1. The van der Waals surface area contributed by atoms with E-state index >= 15 is 0 Å². The monoisotopic (exact) mass is 382 g/mol. The highest BCUT2D eigenvalue weighted by Gasteiger charge is 2.36. The van der Waals surface area contributed by atoms with Crippen molar-refractivity contribution in [1.29, 1.82) is 0 Å². The molecule has 2 aromatic rings. The third-order valence-corrected chi connectivity index (χ3v) is 5.35. The lowest BCUT2D eigenvalue weighted by atomic mass is 10.1. The summed E-state index contributed by atoms with van der Waals surface area (Å²) in [6.45, 7) is 6.34. The topological polar surface area (TPSA) is 66.9 Å². The molecular weight excluding hydrogens is 356 g/mol. The number of likely N-dealkylation sites (tertiary alicyclic amines) is 1. The zero-order chi connectivity index (χ0) is 19.3. The molecule has 148 valence electrons. The van der Waals surface area contributed by atoms with Gasteiger partial charge in [-0.25, -0.2) is 4.79 Å². The van der Waals surface area contributed by atoms with Gasteiger partial charge >= 0.3 is 6.03 Å². The molecule has 2 atom stereocenters. The molecule has 0 spiro atoms. The second kappa shape index (κ2) is 8.58. The average molecular weight is 382 g/mol. The third-order valence-electron chi connectivity index (χ3n) is 5.35. The fourth-order valence-electron chi connectivity index (χ4n) is 3.84. The van der Waals surface area contributed by atoms with Crippen molar-refractivity contribution in [3.8, 4) is 11.5 Å². The lowest BCUT2D eigenvalue weighted by Gasteiger charge is -2.32. The molecule has 1 aromatic carbocycles. The number of hydrogen-bond acceptors (Lipinski definition) is 5. The van der Waals surface area contributed by atoms with Gasteiger partial charge in [0.05, 0.1) is 19.4 Å². The standard InChI is InChI=1S/C21H26N4O3/c1-16-13-18(24-9-11-27-12-10-24)15-25(16)21(26)23-17-4-6-19(7-5-17)28-20-3-2-8-22-14-20/h2-8,14,16,18H,9-13,15H2,1H3,(H,23,26). The van der Waals surface area contributed by atoms with Gasteiger partial charge in [-0.2, -0.15) is 0 Å². The summed E-state index contributed by atoms with van der Waals surface area (Å²) in [4.78, 5) is 21.2. The summed E-state index contributed by atoms with van der Waals surface area (Å²) in [5.74, 6) is 1.38. The highest BCUT2D eigenvalue weighted by molar-refractivity contribution is 5.89. The fraction of sp³-hybridized carbons (Fsp3) is 0.429. The quantitative estimate of drug-likeness (QED) is 0.880. The second-order valence-corrected chi connectivity index (χ2v) is 7.28. The number of hydrogen-bond donors (Lipinski definition) is 1. The molecule has 0 bridgehead atoms. The molecule has 1 aromatic heterocycles. The highest BCUT2D eigenvalue weighted by atomic mass is 16.5. The Balaban J connectivity index is 1.33. The Labute approximate surface area is 165 Å². The van der Waals surface area contributed by atoms with Crippen molar-refractivity contribution < 1.29 is 14.3 Å². The van der Waals surface area contributed by atoms with Crippen molar-refractivity contribution in [3.05, 3.63) is 48.8 Å². The SMILES string of the molecule is CC1CC(N2CCOCC2)CN1C(=O)Nc1ccc(Oc2cccnc2)cc1. The summed E-state index contributed by atoms with van der Waals surface area (Å²) in [7, 11) is 0. The molecule has 2 fully saturated rings. The van der Waals surface area contributed by atoms with Crippen LogP contribution in [0.5, 0.6) is 11.5 Å². The lowest BCUT2D eigenvalue weighted by molar-refractivity contribution is 0.0191. The Morgan fingerprint density at radius 3 is 2.68 bits per heavy atom. The second-order valence-electron chi connectivity index (χ2n) is 7.28. The molecule has 2 unspecified atom stereocenters. The van der Waals surface area contributed by atoms with Gasteiger partial charge in [-0.3, -0.25) is 9.88 Å². The van der Waals surface area contributed by atoms with Crippen molar-refractivity contribution in [2.24, 2.45) is 0 Å². The zero-order valence-corrected chi connectivity index (χ0v) is 16.1. The van der Waals surface area contributed by atoms with Gasteiger partial charge in [0.1, 0.15) is 11.5 Å². The van der Waals surface area contributed by atoms with Gasteiger partial charge in [-0.1, -0.05) is 0 Å². The van der Waals surface area contributed by atoms with Gasteiger partial charge in [-0.05, 0) is 49.7 Å². The number of carbonyl (C=O) groups is 1. The molecule has 0 saturated carbocycles. The first-order valence-electron chi connectivity index (χ1n) is 9.76. The highest BCUT2D eigenvalue weighted by Crippen LogP contribution is 2.25. The number of nitrogens with zero attached hydrogens (tertiary/aromatic N) is 3. The van der Waals surface area contributed by atoms with Crippen LogP contribution in [0.15, 0.2) is 48.8 Å². The van der Waals surface area contributed by atoms with Gasteiger partial charge in [0, 0.05) is 43.6 Å². The normalized spacial score (nSPS) is 22.8. The summed E-state index contributed by atoms with van der Waals surface area (Å²) in [6.07, 6.45) is 4.37. The first-order valence-corrected chi connectivity index (χ1v) is 9.76. The van der Waals surface area contributed by atoms with Crippen molar-refractivity contribution in [3.63, 3.8) is 0 Å². The predicted molar refractivity (Wildman–Crippen MR) is 107 cm³/mol. The average Bonchev–Trinajstić information content (AvgIpc) is 3.13. The smallest absolute Gasteiger partial charge is 0.322 e. The lowest BCUT2D eigenvalue weighted by Crippen LogP contribution is -2.45. The number of morpholine rings is 1. The number of amides is 2. The molecule has 2 aliphatic rings. The Kier molecular flexibility index (Phi) is 5.73. The molecule has 28 heavy (non-hydrogen) atoms. The van der Waals surface area contributed by atoms with Gasteiger partial charge in [0.15, 0.2) is 0 Å². The van der Waals surface area contributed by atoms with Crippen molar-refractivity contribution in [2.75, 3.05) is 38.2 Å². The molecule has 2 saturated heterocycles. The van der Waals surface area contributed by atoms with Gasteiger partial charge in [0.25, 0.3) is 0 Å². The molecule has 2 aliphatic heterocycles. The summed E-state index contributed by atoms with van der Waals surface area (Å²) >= 11 is 0. The fourth-order valence-corrected chi connectivity index (χ4v) is 3.84. The first-order chi connectivity index (χ1) is 13.7. The Hall–Kier alpha value is -2.64. The molecule has 4 rings (SSSR count). The summed E-state index contributed by atoms with van der Waals surface area (Å²) < 4.78 is 11.2. The number of rotatable bonds is 4. The Morgan fingerprint density at radius 2 is 1.96 bits per heavy atom. The maximum Gasteiger partial charge on any atom is 0.322 e. The van der Waals surface area contributed by atoms with Gasteiger partial charge in [-0.15, -0.1) is 0 Å². The molecule has 7 nitrogen and oxygen atoms in total. The summed E-state index contributed by atoms with van der Waals surface area (Å²) in [5, 5.41) is 3.00. The molecule has 7 heteroatoms. The van der Waals surface area contributed by atoms with Crippen LogP contribution in [0.25, 0.3) is 0 Å². The number of anilines is 1. The van der Waals surface area contributed by atoms with Crippen LogP contribution in [0.3, 0.4) is 0 Å². The van der Waals surface area contributed by atoms with Crippen LogP contribution >= 0.6 is 0 Å².